The number of ether oxygens (including phenoxy) is 2. The first-order valence-corrected chi connectivity index (χ1v) is 18.8. The van der Waals surface area contributed by atoms with E-state index in [4.69, 9.17) is 19.7 Å². The first kappa shape index (κ1) is 37.9. The van der Waals surface area contributed by atoms with E-state index in [9.17, 15) is 27.6 Å². The third-order valence-electron chi connectivity index (χ3n) is 11.1. The summed E-state index contributed by atoms with van der Waals surface area (Å²) in [5.74, 6) is 1.21. The minimum absolute atomic E-state index is 0.189. The molecule has 5 heterocycles. The minimum Gasteiger partial charge on any atom is -0.496 e. The lowest BCUT2D eigenvalue weighted by molar-refractivity contribution is -0.138. The molecule has 7 rings (SSSR count). The second-order valence-corrected chi connectivity index (χ2v) is 14.5. The lowest BCUT2D eigenvalue weighted by Crippen LogP contribution is -2.52. The highest BCUT2D eigenvalue weighted by Gasteiger charge is 2.42. The Hall–Kier alpha value is -5.36. The monoisotopic (exact) mass is 759 g/mol. The van der Waals surface area contributed by atoms with E-state index in [1.54, 1.807) is 18.2 Å². The predicted octanol–water partition coefficient (Wildman–Crippen LogP) is 5.11. The number of fused-ring (bicyclic) bond motifs is 1. The third-order valence-corrected chi connectivity index (χ3v) is 11.1. The lowest BCUT2D eigenvalue weighted by atomic mass is 9.89. The average Bonchev–Trinajstić information content (AvgIpc) is 3.52. The number of piperidine rings is 2. The molecule has 15 heteroatoms. The maximum absolute atomic E-state index is 13.5. The van der Waals surface area contributed by atoms with Gasteiger partial charge in [-0.2, -0.15) is 18.4 Å². The number of carbonyl (C=O) groups excluding carboxylic acids is 3. The molecular formula is C40H44F3N7O5. The molecule has 290 valence electrons. The molecule has 3 amide bonds. The summed E-state index contributed by atoms with van der Waals surface area (Å²) in [7, 11) is 1.52. The summed E-state index contributed by atoms with van der Waals surface area (Å²) >= 11 is 0. The molecule has 1 aromatic heterocycles. The molecule has 3 fully saturated rings. The fourth-order valence-corrected chi connectivity index (χ4v) is 8.03. The smallest absolute Gasteiger partial charge is 0.417 e. The average molecular weight is 760 g/mol. The number of rotatable bonds is 11. The molecule has 1 N–H and O–H groups in total. The zero-order valence-electron chi connectivity index (χ0n) is 30.7. The maximum Gasteiger partial charge on any atom is 0.417 e. The molecule has 55 heavy (non-hydrogen) atoms. The highest BCUT2D eigenvalue weighted by molar-refractivity contribution is 6.06. The number of piperazine rings is 1. The van der Waals surface area contributed by atoms with Crippen LogP contribution >= 0.6 is 0 Å². The van der Waals surface area contributed by atoms with Gasteiger partial charge in [0.1, 0.15) is 28.9 Å². The van der Waals surface area contributed by atoms with E-state index in [1.807, 2.05) is 17.0 Å². The second-order valence-electron chi connectivity index (χ2n) is 14.5. The zero-order valence-corrected chi connectivity index (χ0v) is 30.7. The number of alkyl halides is 3. The molecule has 3 saturated heterocycles. The zero-order chi connectivity index (χ0) is 38.7. The van der Waals surface area contributed by atoms with E-state index in [0.717, 1.165) is 76.0 Å². The number of methoxy groups -OCH3 is 1. The summed E-state index contributed by atoms with van der Waals surface area (Å²) in [6.45, 7) is 6.30. The number of anilines is 2. The van der Waals surface area contributed by atoms with Crippen molar-refractivity contribution in [3.8, 4) is 17.6 Å². The highest BCUT2D eigenvalue weighted by Crippen LogP contribution is 2.38. The van der Waals surface area contributed by atoms with Crippen molar-refractivity contribution in [3.05, 3.63) is 76.5 Å². The van der Waals surface area contributed by atoms with E-state index < -0.39 is 23.7 Å². The Kier molecular flexibility index (Phi) is 11.1. The van der Waals surface area contributed by atoms with Crippen molar-refractivity contribution in [1.82, 2.24) is 20.1 Å². The van der Waals surface area contributed by atoms with E-state index in [0.29, 0.717) is 48.3 Å². The number of halogens is 3. The molecule has 0 spiro atoms. The summed E-state index contributed by atoms with van der Waals surface area (Å²) < 4.78 is 52.0. The summed E-state index contributed by atoms with van der Waals surface area (Å²) in [4.78, 5) is 50.3. The standard InChI is InChI=1S/C40H44F3N7O5/c1-54-34-23-35(45-32-25-50(39(53)37(32)34)33-10-11-36(51)46-38(33)52)49-19-17-47(18-20-49)14-2-3-21-55-30-8-5-26(6-9-30)27-12-15-48(16-13-27)29-7-4-28(24-44)31(22-29)40(41,42)43/h4-9,22-23,27,33H,2-3,10-21,25H2,1H3,(H,46,51,52). The van der Waals surface area contributed by atoms with Crippen molar-refractivity contribution >= 4 is 29.2 Å². The van der Waals surface area contributed by atoms with Crippen LogP contribution in [0, 0.1) is 11.3 Å². The van der Waals surface area contributed by atoms with Gasteiger partial charge in [0.2, 0.25) is 11.8 Å². The van der Waals surface area contributed by atoms with Crippen molar-refractivity contribution in [3.63, 3.8) is 0 Å². The van der Waals surface area contributed by atoms with Crippen LogP contribution in [0.2, 0.25) is 0 Å². The quantitative estimate of drug-likeness (QED) is 0.208. The molecule has 0 bridgehead atoms. The Labute approximate surface area is 317 Å². The van der Waals surface area contributed by atoms with Crippen molar-refractivity contribution in [2.45, 2.75) is 63.2 Å². The number of hydrogen-bond acceptors (Lipinski definition) is 10. The van der Waals surface area contributed by atoms with Crippen LogP contribution < -0.4 is 24.6 Å². The van der Waals surface area contributed by atoms with Gasteiger partial charge >= 0.3 is 6.18 Å². The minimum atomic E-state index is -4.57. The Balaban J connectivity index is 0.821. The summed E-state index contributed by atoms with van der Waals surface area (Å²) in [6.07, 6.45) is -0.555. The molecule has 0 radical (unpaired) electrons. The van der Waals surface area contributed by atoms with E-state index in [1.165, 1.54) is 23.6 Å². The van der Waals surface area contributed by atoms with Gasteiger partial charge in [-0.1, -0.05) is 12.1 Å². The topological polar surface area (TPSA) is 131 Å². The summed E-state index contributed by atoms with van der Waals surface area (Å²) in [5.41, 5.74) is 1.39. The van der Waals surface area contributed by atoms with Crippen molar-refractivity contribution < 1.29 is 37.0 Å². The molecule has 4 aliphatic rings. The normalized spacial score (nSPS) is 19.7. The summed E-state index contributed by atoms with van der Waals surface area (Å²) in [5, 5.41) is 11.4. The van der Waals surface area contributed by atoms with Crippen LogP contribution in [0.5, 0.6) is 11.5 Å². The van der Waals surface area contributed by atoms with Crippen LogP contribution in [-0.4, -0.2) is 98.1 Å². The largest absolute Gasteiger partial charge is 0.496 e. The molecule has 1 atom stereocenters. The predicted molar refractivity (Wildman–Crippen MR) is 197 cm³/mol. The van der Waals surface area contributed by atoms with Gasteiger partial charge < -0.3 is 24.2 Å². The van der Waals surface area contributed by atoms with E-state index in [-0.39, 0.29) is 36.8 Å². The fourth-order valence-electron chi connectivity index (χ4n) is 8.03. The Bertz CT molecular complexity index is 1950. The SMILES string of the molecule is COc1cc(N2CCN(CCCCOc3ccc(C4CCN(c5ccc(C#N)c(C(F)(F)F)c5)CC4)cc3)CC2)nc2c1C(=O)N(C1CCC(=O)NC1=O)C2. The maximum atomic E-state index is 13.5. The first-order chi connectivity index (χ1) is 26.5. The Morgan fingerprint density at radius 3 is 2.35 bits per heavy atom. The number of nitrogens with one attached hydrogen (secondary N) is 1. The number of carbonyl (C=O) groups is 3. The van der Waals surface area contributed by atoms with Gasteiger partial charge in [-0.05, 0) is 80.5 Å². The number of pyridine rings is 1. The second kappa shape index (κ2) is 16.2. The number of hydrogen-bond donors (Lipinski definition) is 1. The Morgan fingerprint density at radius 2 is 1.67 bits per heavy atom. The van der Waals surface area contributed by atoms with Crippen LogP contribution in [0.1, 0.15) is 77.2 Å². The number of amides is 3. The van der Waals surface area contributed by atoms with Crippen LogP contribution in [0.4, 0.5) is 24.7 Å². The van der Waals surface area contributed by atoms with Crippen molar-refractivity contribution in [2.75, 3.05) is 69.3 Å². The number of unbranched alkanes of at least 4 members (excludes halogenated alkanes) is 1. The molecule has 4 aliphatic heterocycles. The molecule has 12 nitrogen and oxygen atoms in total. The van der Waals surface area contributed by atoms with Gasteiger partial charge in [-0.3, -0.25) is 24.6 Å². The molecule has 0 saturated carbocycles. The van der Waals surface area contributed by atoms with Gasteiger partial charge in [0, 0.05) is 57.4 Å². The fraction of sp³-hybridized carbons (Fsp3) is 0.475. The van der Waals surface area contributed by atoms with E-state index in [2.05, 4.69) is 27.2 Å². The van der Waals surface area contributed by atoms with Gasteiger partial charge in [0.15, 0.2) is 0 Å². The molecule has 0 aliphatic carbocycles. The van der Waals surface area contributed by atoms with E-state index >= 15 is 0 Å². The number of nitriles is 1. The van der Waals surface area contributed by atoms with Crippen molar-refractivity contribution in [2.24, 2.45) is 0 Å². The number of imide groups is 1. The number of aromatic nitrogens is 1. The van der Waals surface area contributed by atoms with Gasteiger partial charge in [0.05, 0.1) is 43.2 Å². The van der Waals surface area contributed by atoms with Crippen LogP contribution in [0.25, 0.3) is 0 Å². The van der Waals surface area contributed by atoms with Gasteiger partial charge in [0.25, 0.3) is 5.91 Å². The number of benzene rings is 2. The molecular weight excluding hydrogens is 715 g/mol. The van der Waals surface area contributed by atoms with Gasteiger partial charge in [-0.15, -0.1) is 0 Å². The molecule has 3 aromatic rings. The van der Waals surface area contributed by atoms with Crippen LogP contribution in [-0.2, 0) is 22.3 Å². The first-order valence-electron chi connectivity index (χ1n) is 18.8. The summed E-state index contributed by atoms with van der Waals surface area (Å²) in [6, 6.07) is 14.8. The molecule has 2 aromatic carbocycles. The Morgan fingerprint density at radius 1 is 0.927 bits per heavy atom. The third kappa shape index (κ3) is 8.34. The molecule has 1 unspecified atom stereocenters. The number of nitrogens with zero attached hydrogens (tertiary/aromatic N) is 6. The highest BCUT2D eigenvalue weighted by atomic mass is 19.4. The van der Waals surface area contributed by atoms with Crippen LogP contribution in [0.15, 0.2) is 48.5 Å². The van der Waals surface area contributed by atoms with Crippen LogP contribution in [0.3, 0.4) is 0 Å². The van der Waals surface area contributed by atoms with Crippen molar-refractivity contribution in [1.29, 1.82) is 5.26 Å². The lowest BCUT2D eigenvalue weighted by Gasteiger charge is -2.35. The van der Waals surface area contributed by atoms with Gasteiger partial charge in [-0.25, -0.2) is 4.98 Å².